The zero-order valence-electron chi connectivity index (χ0n) is 14.5. The number of fused-ring (bicyclic) bond motifs is 1. The van der Waals surface area contributed by atoms with E-state index in [9.17, 15) is 4.79 Å². The van der Waals surface area contributed by atoms with Crippen molar-refractivity contribution in [1.29, 1.82) is 0 Å². The van der Waals surface area contributed by atoms with Crippen molar-refractivity contribution in [2.75, 3.05) is 43.4 Å². The number of piperazine rings is 1. The van der Waals surface area contributed by atoms with E-state index in [1.807, 2.05) is 11.8 Å². The van der Waals surface area contributed by atoms with Gasteiger partial charge in [-0.25, -0.2) is 14.6 Å². The van der Waals surface area contributed by atoms with Gasteiger partial charge >= 0.3 is 0 Å². The molecule has 4 rings (SSSR count). The molecule has 0 N–H and O–H groups in total. The van der Waals surface area contributed by atoms with Gasteiger partial charge in [0.2, 0.25) is 5.95 Å². The van der Waals surface area contributed by atoms with Crippen LogP contribution in [0.15, 0.2) is 27.7 Å². The standard InChI is InChI=1S/C17H21BrN6OS/c18-14-10-19-17(20-11-14)23-5-2-22(3-6-23)4-7-24-16(25)9-13-12-26-8-1-15(13)21-24/h9-11H,1-8,12H2. The summed E-state index contributed by atoms with van der Waals surface area (Å²) in [5.74, 6) is 2.79. The molecule has 0 saturated carbocycles. The number of rotatable bonds is 4. The van der Waals surface area contributed by atoms with Gasteiger partial charge in [0, 0.05) is 63.4 Å². The molecular formula is C17H21BrN6OS. The lowest BCUT2D eigenvalue weighted by molar-refractivity contribution is 0.241. The molecular weight excluding hydrogens is 416 g/mol. The Kier molecular flexibility index (Phi) is 5.56. The maximum Gasteiger partial charge on any atom is 0.267 e. The molecule has 0 aliphatic carbocycles. The summed E-state index contributed by atoms with van der Waals surface area (Å²) in [5, 5.41) is 4.60. The predicted molar refractivity (Wildman–Crippen MR) is 107 cm³/mol. The normalized spacial score (nSPS) is 18.0. The summed E-state index contributed by atoms with van der Waals surface area (Å²) < 4.78 is 2.53. The quantitative estimate of drug-likeness (QED) is 0.717. The molecule has 0 radical (unpaired) electrons. The Morgan fingerprint density at radius 3 is 2.65 bits per heavy atom. The van der Waals surface area contributed by atoms with E-state index >= 15 is 0 Å². The van der Waals surface area contributed by atoms with Crippen molar-refractivity contribution in [3.63, 3.8) is 0 Å². The Morgan fingerprint density at radius 1 is 1.12 bits per heavy atom. The first-order chi connectivity index (χ1) is 12.7. The fourth-order valence-corrected chi connectivity index (χ4v) is 4.45. The van der Waals surface area contributed by atoms with Crippen LogP contribution < -0.4 is 10.5 Å². The monoisotopic (exact) mass is 436 g/mol. The van der Waals surface area contributed by atoms with E-state index in [-0.39, 0.29) is 5.56 Å². The van der Waals surface area contributed by atoms with Crippen LogP contribution in [0, 0.1) is 0 Å². The maximum absolute atomic E-state index is 12.3. The zero-order chi connectivity index (χ0) is 17.9. The summed E-state index contributed by atoms with van der Waals surface area (Å²) in [5.41, 5.74) is 2.24. The Bertz CT molecular complexity index is 819. The molecule has 1 saturated heterocycles. The summed E-state index contributed by atoms with van der Waals surface area (Å²) in [6.45, 7) is 5.16. The predicted octanol–water partition coefficient (Wildman–Crippen LogP) is 1.41. The van der Waals surface area contributed by atoms with Crippen molar-refractivity contribution in [2.45, 2.75) is 18.7 Å². The highest BCUT2D eigenvalue weighted by molar-refractivity contribution is 9.10. The third kappa shape index (κ3) is 4.10. The summed E-state index contributed by atoms with van der Waals surface area (Å²) in [6.07, 6.45) is 4.52. The van der Waals surface area contributed by atoms with Crippen molar-refractivity contribution in [3.8, 4) is 0 Å². The van der Waals surface area contributed by atoms with E-state index in [4.69, 9.17) is 0 Å². The van der Waals surface area contributed by atoms with Gasteiger partial charge in [0.25, 0.3) is 5.56 Å². The second kappa shape index (κ2) is 8.06. The molecule has 0 bridgehead atoms. The first-order valence-electron chi connectivity index (χ1n) is 8.81. The van der Waals surface area contributed by atoms with Crippen LogP contribution in [0.3, 0.4) is 0 Å². The topological polar surface area (TPSA) is 67.2 Å². The third-order valence-corrected chi connectivity index (χ3v) is 6.21. The Morgan fingerprint density at radius 2 is 1.88 bits per heavy atom. The van der Waals surface area contributed by atoms with Crippen LogP contribution in [0.1, 0.15) is 11.3 Å². The van der Waals surface area contributed by atoms with Gasteiger partial charge in [-0.1, -0.05) is 0 Å². The molecule has 0 amide bonds. The largest absolute Gasteiger partial charge is 0.338 e. The van der Waals surface area contributed by atoms with Crippen LogP contribution >= 0.6 is 27.7 Å². The molecule has 4 heterocycles. The van der Waals surface area contributed by atoms with Gasteiger partial charge in [-0.05, 0) is 27.2 Å². The van der Waals surface area contributed by atoms with Crippen molar-refractivity contribution >= 4 is 33.6 Å². The summed E-state index contributed by atoms with van der Waals surface area (Å²) in [6, 6.07) is 1.78. The number of hydrogen-bond acceptors (Lipinski definition) is 7. The fourth-order valence-electron chi connectivity index (χ4n) is 3.29. The van der Waals surface area contributed by atoms with Crippen LogP contribution in [0.2, 0.25) is 0 Å². The second-order valence-corrected chi connectivity index (χ2v) is 8.53. The van der Waals surface area contributed by atoms with Gasteiger partial charge in [0.05, 0.1) is 16.7 Å². The highest BCUT2D eigenvalue weighted by atomic mass is 79.9. The van der Waals surface area contributed by atoms with Crippen molar-refractivity contribution in [1.82, 2.24) is 24.6 Å². The number of aryl methyl sites for hydroxylation is 1. The molecule has 2 aliphatic rings. The molecule has 26 heavy (non-hydrogen) atoms. The lowest BCUT2D eigenvalue weighted by atomic mass is 10.2. The first-order valence-corrected chi connectivity index (χ1v) is 10.8. The van der Waals surface area contributed by atoms with Crippen LogP contribution in [0.4, 0.5) is 5.95 Å². The molecule has 0 atom stereocenters. The van der Waals surface area contributed by atoms with E-state index in [1.54, 1.807) is 23.1 Å². The van der Waals surface area contributed by atoms with E-state index in [0.717, 1.165) is 72.3 Å². The summed E-state index contributed by atoms with van der Waals surface area (Å²) in [4.78, 5) is 25.6. The van der Waals surface area contributed by atoms with Crippen LogP contribution in [-0.4, -0.2) is 63.1 Å². The molecule has 0 aromatic carbocycles. The van der Waals surface area contributed by atoms with Crippen LogP contribution in [0.5, 0.6) is 0 Å². The average Bonchev–Trinajstić information content (AvgIpc) is 2.67. The van der Waals surface area contributed by atoms with Crippen molar-refractivity contribution < 1.29 is 0 Å². The van der Waals surface area contributed by atoms with E-state index < -0.39 is 0 Å². The minimum absolute atomic E-state index is 0.0214. The second-order valence-electron chi connectivity index (χ2n) is 6.51. The molecule has 2 aliphatic heterocycles. The molecule has 1 fully saturated rings. The SMILES string of the molecule is O=c1cc2c(nn1CCN1CCN(c3ncc(Br)cn3)CC1)CCSC2. The highest BCUT2D eigenvalue weighted by Crippen LogP contribution is 2.21. The van der Waals surface area contributed by atoms with Gasteiger partial charge < -0.3 is 4.90 Å². The molecule has 138 valence electrons. The number of hydrogen-bond donors (Lipinski definition) is 0. The van der Waals surface area contributed by atoms with E-state index in [0.29, 0.717) is 6.54 Å². The maximum atomic E-state index is 12.3. The van der Waals surface area contributed by atoms with Gasteiger partial charge in [-0.3, -0.25) is 9.69 Å². The smallest absolute Gasteiger partial charge is 0.267 e. The Hall–Kier alpha value is -1.45. The fraction of sp³-hybridized carbons (Fsp3) is 0.529. The zero-order valence-corrected chi connectivity index (χ0v) is 16.9. The lowest BCUT2D eigenvalue weighted by Crippen LogP contribution is -2.48. The molecule has 7 nitrogen and oxygen atoms in total. The third-order valence-electron chi connectivity index (χ3n) is 4.79. The number of anilines is 1. The van der Waals surface area contributed by atoms with Gasteiger partial charge in [0.15, 0.2) is 0 Å². The number of halogens is 1. The van der Waals surface area contributed by atoms with E-state index in [1.165, 1.54) is 0 Å². The molecule has 2 aromatic rings. The lowest BCUT2D eigenvalue weighted by Gasteiger charge is -2.34. The van der Waals surface area contributed by atoms with Gasteiger partial charge in [-0.15, -0.1) is 0 Å². The average molecular weight is 437 g/mol. The van der Waals surface area contributed by atoms with Crippen LogP contribution in [-0.2, 0) is 18.7 Å². The van der Waals surface area contributed by atoms with Gasteiger partial charge in [-0.2, -0.15) is 16.9 Å². The van der Waals surface area contributed by atoms with Crippen LogP contribution in [0.25, 0.3) is 0 Å². The number of nitrogens with zero attached hydrogens (tertiary/aromatic N) is 6. The number of thioether (sulfide) groups is 1. The Balaban J connectivity index is 1.32. The number of aromatic nitrogens is 4. The summed E-state index contributed by atoms with van der Waals surface area (Å²) in [7, 11) is 0. The molecule has 2 aromatic heterocycles. The molecule has 0 spiro atoms. The van der Waals surface area contributed by atoms with Gasteiger partial charge in [0.1, 0.15) is 0 Å². The summed E-state index contributed by atoms with van der Waals surface area (Å²) >= 11 is 5.24. The minimum atomic E-state index is 0.0214. The van der Waals surface area contributed by atoms with Crippen molar-refractivity contribution in [3.05, 3.63) is 44.5 Å². The highest BCUT2D eigenvalue weighted by Gasteiger charge is 2.19. The molecule has 0 unspecified atom stereocenters. The molecule has 9 heteroatoms. The Labute approximate surface area is 164 Å². The minimum Gasteiger partial charge on any atom is -0.338 e. The van der Waals surface area contributed by atoms with Crippen molar-refractivity contribution in [2.24, 2.45) is 0 Å². The van der Waals surface area contributed by atoms with E-state index in [2.05, 4.69) is 40.8 Å². The first kappa shape index (κ1) is 17.9.